The van der Waals surface area contributed by atoms with Crippen LogP contribution >= 0.6 is 0 Å². The maximum Gasteiger partial charge on any atom is 0.164 e. The second-order valence-corrected chi connectivity index (χ2v) is 13.2. The van der Waals surface area contributed by atoms with Crippen molar-refractivity contribution in [3.63, 3.8) is 0 Å². The van der Waals surface area contributed by atoms with Crippen LogP contribution in [0.1, 0.15) is 0 Å². The SMILES string of the molecule is c1ccc(-c2ccc(-c3cccc(-c4nc(-c5ccc6ccccc6c5)nc(-c5cc6ccccc6c6ccccc56)n4)c3)c3ccccc23)cc1. The summed E-state index contributed by atoms with van der Waals surface area (Å²) in [6.07, 6.45) is 0. The first-order valence-electron chi connectivity index (χ1n) is 17.6. The normalized spacial score (nSPS) is 11.5. The average molecular weight is 662 g/mol. The van der Waals surface area contributed by atoms with Crippen LogP contribution in [0, 0.1) is 0 Å². The van der Waals surface area contributed by atoms with Gasteiger partial charge in [0.05, 0.1) is 0 Å². The van der Waals surface area contributed by atoms with Crippen LogP contribution in [0.4, 0.5) is 0 Å². The predicted octanol–water partition coefficient (Wildman–Crippen LogP) is 12.8. The average Bonchev–Trinajstić information content (AvgIpc) is 3.23. The van der Waals surface area contributed by atoms with Crippen molar-refractivity contribution in [1.29, 1.82) is 0 Å². The number of nitrogens with zero attached hydrogens (tertiary/aromatic N) is 3. The van der Waals surface area contributed by atoms with Gasteiger partial charge in [-0.05, 0) is 83.5 Å². The summed E-state index contributed by atoms with van der Waals surface area (Å²) in [6.45, 7) is 0. The number of rotatable bonds is 5. The van der Waals surface area contributed by atoms with Crippen molar-refractivity contribution >= 4 is 43.1 Å². The van der Waals surface area contributed by atoms with Crippen LogP contribution in [0.25, 0.3) is 99.5 Å². The van der Waals surface area contributed by atoms with E-state index in [2.05, 4.69) is 188 Å². The van der Waals surface area contributed by atoms with Gasteiger partial charge < -0.3 is 0 Å². The van der Waals surface area contributed by atoms with Gasteiger partial charge in [0.15, 0.2) is 17.5 Å². The zero-order chi connectivity index (χ0) is 34.4. The third-order valence-electron chi connectivity index (χ3n) is 10.1. The molecule has 0 saturated heterocycles. The van der Waals surface area contributed by atoms with Crippen LogP contribution in [-0.2, 0) is 0 Å². The van der Waals surface area contributed by atoms with Gasteiger partial charge in [0.2, 0.25) is 0 Å². The second kappa shape index (κ2) is 12.4. The van der Waals surface area contributed by atoms with Crippen molar-refractivity contribution in [1.82, 2.24) is 15.0 Å². The lowest BCUT2D eigenvalue weighted by Crippen LogP contribution is -2.01. The summed E-state index contributed by atoms with van der Waals surface area (Å²) < 4.78 is 0. The molecule has 0 aliphatic carbocycles. The lowest BCUT2D eigenvalue weighted by atomic mass is 9.91. The lowest BCUT2D eigenvalue weighted by molar-refractivity contribution is 1.08. The molecule has 0 N–H and O–H groups in total. The Balaban J connectivity index is 1.18. The summed E-state index contributed by atoms with van der Waals surface area (Å²) in [4.78, 5) is 15.6. The number of hydrogen-bond acceptors (Lipinski definition) is 3. The van der Waals surface area contributed by atoms with E-state index in [0.29, 0.717) is 17.5 Å². The Bertz CT molecular complexity index is 2970. The van der Waals surface area contributed by atoms with Crippen molar-refractivity contribution in [3.05, 3.63) is 188 Å². The quantitative estimate of drug-likeness (QED) is 0.172. The standard InChI is InChI=1S/C49H31N3/c1-2-14-33(15-3-1)40-27-28-41(44-23-9-8-22-43(40)44)35-18-12-19-37(30-35)47-50-48(38-26-25-32-13-4-5-16-34(32)29-38)52-49(51-47)46-31-36-17-6-7-20-39(36)42-21-10-11-24-45(42)46/h1-31H. The van der Waals surface area contributed by atoms with E-state index in [4.69, 9.17) is 15.0 Å². The molecule has 3 nitrogen and oxygen atoms in total. The largest absolute Gasteiger partial charge is 0.208 e. The summed E-state index contributed by atoms with van der Waals surface area (Å²) in [5.41, 5.74) is 7.58. The smallest absolute Gasteiger partial charge is 0.164 e. The molecule has 52 heavy (non-hydrogen) atoms. The molecule has 0 bridgehead atoms. The van der Waals surface area contributed by atoms with Gasteiger partial charge in [-0.15, -0.1) is 0 Å². The number of hydrogen-bond donors (Lipinski definition) is 0. The van der Waals surface area contributed by atoms with E-state index >= 15 is 0 Å². The molecule has 0 radical (unpaired) electrons. The molecule has 0 saturated carbocycles. The summed E-state index contributed by atoms with van der Waals surface area (Å²) in [6, 6.07) is 66.5. The highest BCUT2D eigenvalue weighted by molar-refractivity contribution is 6.13. The van der Waals surface area contributed by atoms with Gasteiger partial charge >= 0.3 is 0 Å². The second-order valence-electron chi connectivity index (χ2n) is 13.2. The maximum atomic E-state index is 5.25. The van der Waals surface area contributed by atoms with Crippen molar-refractivity contribution < 1.29 is 0 Å². The maximum absolute atomic E-state index is 5.25. The molecule has 1 aromatic heterocycles. The fourth-order valence-electron chi connectivity index (χ4n) is 7.57. The minimum absolute atomic E-state index is 0.637. The summed E-state index contributed by atoms with van der Waals surface area (Å²) in [5.74, 6) is 1.93. The molecule has 0 amide bonds. The topological polar surface area (TPSA) is 38.7 Å². The Morgan fingerprint density at radius 1 is 0.231 bits per heavy atom. The van der Waals surface area contributed by atoms with E-state index in [1.165, 1.54) is 43.6 Å². The van der Waals surface area contributed by atoms with Crippen LogP contribution in [-0.4, -0.2) is 15.0 Å². The molecule has 1 heterocycles. The summed E-state index contributed by atoms with van der Waals surface area (Å²) >= 11 is 0. The highest BCUT2D eigenvalue weighted by atomic mass is 15.0. The number of fused-ring (bicyclic) bond motifs is 5. The van der Waals surface area contributed by atoms with Crippen LogP contribution in [0.5, 0.6) is 0 Å². The first-order valence-corrected chi connectivity index (χ1v) is 17.6. The predicted molar refractivity (Wildman–Crippen MR) is 217 cm³/mol. The Morgan fingerprint density at radius 2 is 0.731 bits per heavy atom. The van der Waals surface area contributed by atoms with Gasteiger partial charge in [0.1, 0.15) is 0 Å². The van der Waals surface area contributed by atoms with Crippen LogP contribution in [0.15, 0.2) is 188 Å². The molecule has 0 spiro atoms. The minimum atomic E-state index is 0.637. The number of aromatic nitrogens is 3. The highest BCUT2D eigenvalue weighted by Crippen LogP contribution is 2.38. The van der Waals surface area contributed by atoms with Gasteiger partial charge in [-0.2, -0.15) is 0 Å². The lowest BCUT2D eigenvalue weighted by Gasteiger charge is -2.14. The molecule has 0 unspecified atom stereocenters. The van der Waals surface area contributed by atoms with Gasteiger partial charge in [0, 0.05) is 16.7 Å². The third kappa shape index (κ3) is 5.19. The van der Waals surface area contributed by atoms with Gasteiger partial charge in [-0.25, -0.2) is 15.0 Å². The van der Waals surface area contributed by atoms with E-state index in [0.717, 1.165) is 38.4 Å². The van der Waals surface area contributed by atoms with E-state index in [9.17, 15) is 0 Å². The van der Waals surface area contributed by atoms with Crippen molar-refractivity contribution in [2.24, 2.45) is 0 Å². The van der Waals surface area contributed by atoms with Gasteiger partial charge in [-0.3, -0.25) is 0 Å². The number of benzene rings is 9. The van der Waals surface area contributed by atoms with E-state index < -0.39 is 0 Å². The summed E-state index contributed by atoms with van der Waals surface area (Å²) in [7, 11) is 0. The van der Waals surface area contributed by atoms with Crippen LogP contribution < -0.4 is 0 Å². The molecule has 10 rings (SSSR count). The minimum Gasteiger partial charge on any atom is -0.208 e. The van der Waals surface area contributed by atoms with Crippen molar-refractivity contribution in [2.45, 2.75) is 0 Å². The van der Waals surface area contributed by atoms with Gasteiger partial charge in [-0.1, -0.05) is 170 Å². The molecule has 0 atom stereocenters. The molecule has 0 aliphatic rings. The zero-order valence-corrected chi connectivity index (χ0v) is 28.2. The molecule has 0 aliphatic heterocycles. The zero-order valence-electron chi connectivity index (χ0n) is 28.2. The first kappa shape index (κ1) is 29.9. The first-order chi connectivity index (χ1) is 25.8. The molecule has 9 aromatic carbocycles. The summed E-state index contributed by atoms with van der Waals surface area (Å²) in [5, 5.41) is 9.41. The van der Waals surface area contributed by atoms with Crippen LogP contribution in [0.2, 0.25) is 0 Å². The van der Waals surface area contributed by atoms with E-state index in [-0.39, 0.29) is 0 Å². The van der Waals surface area contributed by atoms with Crippen LogP contribution in [0.3, 0.4) is 0 Å². The molecule has 0 fully saturated rings. The highest BCUT2D eigenvalue weighted by Gasteiger charge is 2.17. The van der Waals surface area contributed by atoms with E-state index in [1.807, 2.05) is 0 Å². The van der Waals surface area contributed by atoms with Gasteiger partial charge in [0.25, 0.3) is 0 Å². The van der Waals surface area contributed by atoms with E-state index in [1.54, 1.807) is 0 Å². The Hall–Kier alpha value is -6.97. The van der Waals surface area contributed by atoms with Crippen molar-refractivity contribution in [2.75, 3.05) is 0 Å². The Kier molecular flexibility index (Phi) is 7.14. The fraction of sp³-hybridized carbons (Fsp3) is 0. The Morgan fingerprint density at radius 3 is 1.46 bits per heavy atom. The fourth-order valence-corrected chi connectivity index (χ4v) is 7.57. The Labute approximate surface area is 301 Å². The monoisotopic (exact) mass is 661 g/mol. The molecule has 10 aromatic rings. The molecular weight excluding hydrogens is 631 g/mol. The molecule has 242 valence electrons. The van der Waals surface area contributed by atoms with Crippen molar-refractivity contribution in [3.8, 4) is 56.4 Å². The third-order valence-corrected chi connectivity index (χ3v) is 10.1. The molecule has 3 heteroatoms. The molecular formula is C49H31N3.